The largest absolute Gasteiger partial charge is 0.393 e. The summed E-state index contributed by atoms with van der Waals surface area (Å²) in [6.45, 7) is 2.22. The van der Waals surface area contributed by atoms with Crippen LogP contribution in [-0.2, 0) is 0 Å². The molecule has 1 fully saturated rings. The number of aliphatic hydroxyl groups excluding tert-OH is 1. The van der Waals surface area contributed by atoms with E-state index < -0.39 is 0 Å². The fraction of sp³-hybridized carbons (Fsp3) is 1.00. The summed E-state index contributed by atoms with van der Waals surface area (Å²) in [4.78, 5) is 0. The Morgan fingerprint density at radius 3 is 2.86 bits per heavy atom. The smallest absolute Gasteiger partial charge is 0.0542 e. The fourth-order valence-corrected chi connectivity index (χ4v) is 2.97. The van der Waals surface area contributed by atoms with E-state index in [-0.39, 0.29) is 6.10 Å². The highest BCUT2D eigenvalue weighted by molar-refractivity contribution is 7.99. The molecule has 2 atom stereocenters. The highest BCUT2D eigenvalue weighted by Crippen LogP contribution is 2.27. The molecule has 2 unspecified atom stereocenters. The number of hydrogen-bond donors (Lipinski definition) is 1. The Hall–Kier alpha value is 0.310. The topological polar surface area (TPSA) is 20.2 Å². The summed E-state index contributed by atoms with van der Waals surface area (Å²) < 4.78 is 0. The summed E-state index contributed by atoms with van der Waals surface area (Å²) in [6.07, 6.45) is 8.72. The second-order valence-electron chi connectivity index (χ2n) is 4.38. The first-order valence-corrected chi connectivity index (χ1v) is 7.24. The molecule has 0 aromatic rings. The van der Waals surface area contributed by atoms with Gasteiger partial charge >= 0.3 is 0 Å². The third-order valence-corrected chi connectivity index (χ3v) is 4.10. The van der Waals surface area contributed by atoms with Gasteiger partial charge in [0.05, 0.1) is 6.10 Å². The zero-order valence-corrected chi connectivity index (χ0v) is 10.2. The van der Waals surface area contributed by atoms with Crippen LogP contribution < -0.4 is 0 Å². The van der Waals surface area contributed by atoms with Crippen molar-refractivity contribution in [3.8, 4) is 0 Å². The van der Waals surface area contributed by atoms with Crippen LogP contribution in [0.4, 0.5) is 0 Å². The molecule has 1 nitrogen and oxygen atoms in total. The predicted octanol–water partition coefficient (Wildman–Crippen LogP) is 3.46. The van der Waals surface area contributed by atoms with E-state index in [9.17, 15) is 5.11 Å². The van der Waals surface area contributed by atoms with Gasteiger partial charge in [0.1, 0.15) is 0 Å². The SMILES string of the molecule is CCSCCCC1CCCCC(O)C1. The normalized spacial score (nSPS) is 28.7. The molecule has 1 aliphatic carbocycles. The van der Waals surface area contributed by atoms with E-state index in [0.29, 0.717) is 0 Å². The van der Waals surface area contributed by atoms with Gasteiger partial charge < -0.3 is 5.11 Å². The molecule has 0 saturated heterocycles. The Labute approximate surface area is 92.7 Å². The molecular formula is C12H24OS. The third kappa shape index (κ3) is 5.26. The third-order valence-electron chi connectivity index (χ3n) is 3.11. The molecule has 0 aliphatic heterocycles. The molecule has 0 heterocycles. The Bertz CT molecular complexity index is 138. The maximum atomic E-state index is 9.66. The van der Waals surface area contributed by atoms with Gasteiger partial charge in [0, 0.05) is 0 Å². The van der Waals surface area contributed by atoms with Gasteiger partial charge in [-0.3, -0.25) is 0 Å². The van der Waals surface area contributed by atoms with Crippen LogP contribution in [0.3, 0.4) is 0 Å². The van der Waals surface area contributed by atoms with Crippen LogP contribution in [0.1, 0.15) is 51.9 Å². The fourth-order valence-electron chi connectivity index (χ4n) is 2.31. The van der Waals surface area contributed by atoms with E-state index in [2.05, 4.69) is 6.92 Å². The van der Waals surface area contributed by atoms with E-state index in [1.807, 2.05) is 11.8 Å². The van der Waals surface area contributed by atoms with Gasteiger partial charge in [-0.2, -0.15) is 11.8 Å². The molecule has 0 radical (unpaired) electrons. The number of rotatable bonds is 5. The molecule has 0 spiro atoms. The summed E-state index contributed by atoms with van der Waals surface area (Å²) >= 11 is 2.04. The molecule has 1 rings (SSSR count). The van der Waals surface area contributed by atoms with Crippen molar-refractivity contribution in [2.75, 3.05) is 11.5 Å². The van der Waals surface area contributed by atoms with Gasteiger partial charge in [-0.1, -0.05) is 26.2 Å². The average molecular weight is 216 g/mol. The molecule has 14 heavy (non-hydrogen) atoms. The van der Waals surface area contributed by atoms with Crippen molar-refractivity contribution in [3.05, 3.63) is 0 Å². The van der Waals surface area contributed by atoms with Crippen molar-refractivity contribution in [1.29, 1.82) is 0 Å². The van der Waals surface area contributed by atoms with Crippen molar-refractivity contribution in [1.82, 2.24) is 0 Å². The van der Waals surface area contributed by atoms with E-state index >= 15 is 0 Å². The van der Waals surface area contributed by atoms with Crippen LogP contribution in [0.2, 0.25) is 0 Å². The summed E-state index contributed by atoms with van der Waals surface area (Å²) in [7, 11) is 0. The standard InChI is InChI=1S/C12H24OS/c1-2-14-9-5-7-11-6-3-4-8-12(13)10-11/h11-13H,2-10H2,1H3. The van der Waals surface area contributed by atoms with E-state index in [1.165, 1.54) is 43.6 Å². The maximum Gasteiger partial charge on any atom is 0.0542 e. The molecule has 2 heteroatoms. The first-order valence-electron chi connectivity index (χ1n) is 6.08. The number of aliphatic hydroxyl groups is 1. The molecule has 84 valence electrons. The Morgan fingerprint density at radius 2 is 2.07 bits per heavy atom. The number of hydrogen-bond acceptors (Lipinski definition) is 2. The van der Waals surface area contributed by atoms with Gasteiger partial charge in [-0.25, -0.2) is 0 Å². The maximum absolute atomic E-state index is 9.66. The predicted molar refractivity (Wildman–Crippen MR) is 64.8 cm³/mol. The van der Waals surface area contributed by atoms with Gasteiger partial charge in [-0.05, 0) is 43.1 Å². The second-order valence-corrected chi connectivity index (χ2v) is 5.77. The van der Waals surface area contributed by atoms with Crippen molar-refractivity contribution in [2.24, 2.45) is 5.92 Å². The van der Waals surface area contributed by atoms with Gasteiger partial charge in [0.15, 0.2) is 0 Å². The van der Waals surface area contributed by atoms with Gasteiger partial charge in [0.2, 0.25) is 0 Å². The minimum absolute atomic E-state index is 0.00123. The quantitative estimate of drug-likeness (QED) is 0.561. The highest BCUT2D eigenvalue weighted by Gasteiger charge is 2.17. The Balaban J connectivity index is 2.09. The highest BCUT2D eigenvalue weighted by atomic mass is 32.2. The average Bonchev–Trinajstić information content (AvgIpc) is 2.38. The number of thioether (sulfide) groups is 1. The van der Waals surface area contributed by atoms with Gasteiger partial charge in [-0.15, -0.1) is 0 Å². The van der Waals surface area contributed by atoms with Crippen LogP contribution in [0.25, 0.3) is 0 Å². The minimum atomic E-state index is 0.00123. The Morgan fingerprint density at radius 1 is 1.29 bits per heavy atom. The lowest BCUT2D eigenvalue weighted by Crippen LogP contribution is -2.10. The lowest BCUT2D eigenvalue weighted by atomic mass is 9.94. The zero-order chi connectivity index (χ0) is 10.2. The van der Waals surface area contributed by atoms with Crippen molar-refractivity contribution >= 4 is 11.8 Å². The van der Waals surface area contributed by atoms with Crippen molar-refractivity contribution < 1.29 is 5.11 Å². The molecule has 1 N–H and O–H groups in total. The van der Waals surface area contributed by atoms with Crippen LogP contribution in [0, 0.1) is 5.92 Å². The second kappa shape index (κ2) is 7.58. The van der Waals surface area contributed by atoms with Gasteiger partial charge in [0.25, 0.3) is 0 Å². The molecule has 0 aromatic carbocycles. The van der Waals surface area contributed by atoms with Crippen LogP contribution in [0.5, 0.6) is 0 Å². The monoisotopic (exact) mass is 216 g/mol. The lowest BCUT2D eigenvalue weighted by Gasteiger charge is -2.15. The summed E-state index contributed by atoms with van der Waals surface area (Å²) in [5, 5.41) is 9.66. The van der Waals surface area contributed by atoms with Crippen LogP contribution in [-0.4, -0.2) is 22.7 Å². The summed E-state index contributed by atoms with van der Waals surface area (Å²) in [6, 6.07) is 0. The zero-order valence-electron chi connectivity index (χ0n) is 9.37. The molecular weight excluding hydrogens is 192 g/mol. The van der Waals surface area contributed by atoms with E-state index in [0.717, 1.165) is 18.8 Å². The minimum Gasteiger partial charge on any atom is -0.393 e. The van der Waals surface area contributed by atoms with Crippen molar-refractivity contribution in [3.63, 3.8) is 0 Å². The van der Waals surface area contributed by atoms with Crippen LogP contribution in [0.15, 0.2) is 0 Å². The molecule has 0 amide bonds. The van der Waals surface area contributed by atoms with E-state index in [4.69, 9.17) is 0 Å². The first-order chi connectivity index (χ1) is 6.83. The summed E-state index contributed by atoms with van der Waals surface area (Å²) in [5.41, 5.74) is 0. The van der Waals surface area contributed by atoms with Crippen LogP contribution >= 0.6 is 11.8 Å². The molecule has 1 saturated carbocycles. The van der Waals surface area contributed by atoms with Crippen molar-refractivity contribution in [2.45, 2.75) is 58.0 Å². The molecule has 0 bridgehead atoms. The lowest BCUT2D eigenvalue weighted by molar-refractivity contribution is 0.139. The molecule has 1 aliphatic rings. The first kappa shape index (κ1) is 12.4. The Kier molecular flexibility index (Phi) is 6.70. The van der Waals surface area contributed by atoms with E-state index in [1.54, 1.807) is 0 Å². The summed E-state index contributed by atoms with van der Waals surface area (Å²) in [5.74, 6) is 3.36. The molecule has 0 aromatic heterocycles.